The maximum Gasteiger partial charge on any atom is 0.230 e. The van der Waals surface area contributed by atoms with Gasteiger partial charge in [-0.05, 0) is 49.4 Å². The molecule has 0 spiro atoms. The molecule has 0 saturated heterocycles. The van der Waals surface area contributed by atoms with Crippen LogP contribution in [-0.4, -0.2) is 50.5 Å². The average molecular weight is 384 g/mol. The number of benzene rings is 1. The Balaban J connectivity index is 1.77. The van der Waals surface area contributed by atoms with Crippen LogP contribution in [0.2, 0.25) is 5.02 Å². The first-order valence-corrected chi connectivity index (χ1v) is 9.50. The van der Waals surface area contributed by atoms with E-state index in [9.17, 15) is 4.79 Å². The van der Waals surface area contributed by atoms with Gasteiger partial charge in [0, 0.05) is 18.0 Å². The molecule has 2 rings (SSSR count). The lowest BCUT2D eigenvalue weighted by Crippen LogP contribution is -2.94. The molecule has 1 aromatic heterocycles. The van der Waals surface area contributed by atoms with Crippen molar-refractivity contribution in [3.8, 4) is 5.69 Å². The highest BCUT2D eigenvalue weighted by molar-refractivity contribution is 7.99. The van der Waals surface area contributed by atoms with Crippen molar-refractivity contribution in [2.24, 2.45) is 0 Å². The zero-order chi connectivity index (χ0) is 18.3. The van der Waals surface area contributed by atoms with Crippen LogP contribution in [0.3, 0.4) is 0 Å². The molecule has 7 nitrogen and oxygen atoms in total. The van der Waals surface area contributed by atoms with Gasteiger partial charge >= 0.3 is 0 Å². The first-order chi connectivity index (χ1) is 11.8. The summed E-state index contributed by atoms with van der Waals surface area (Å²) in [6.45, 7) is 8.18. The number of rotatable bonds is 8. The van der Waals surface area contributed by atoms with Crippen molar-refractivity contribution in [1.29, 1.82) is 0 Å². The van der Waals surface area contributed by atoms with Gasteiger partial charge in [-0.25, -0.2) is 0 Å². The molecule has 1 heterocycles. The standard InChI is InChI=1S/C16H23ClN6OS/c1-16(2,3)19-9-5-8-18-14(24)11-25-15-20-21-22-23(15)13-7-4-6-12(17)10-13/h4,6-7,10,19H,5,8-9,11H2,1-3H3,(H,18,24)/p+1. The highest BCUT2D eigenvalue weighted by Gasteiger charge is 2.13. The van der Waals surface area contributed by atoms with E-state index >= 15 is 0 Å². The molecule has 0 fully saturated rings. The van der Waals surface area contributed by atoms with Gasteiger partial charge in [-0.3, -0.25) is 4.79 Å². The molecule has 136 valence electrons. The number of amides is 1. The summed E-state index contributed by atoms with van der Waals surface area (Å²) < 4.78 is 1.57. The molecule has 9 heteroatoms. The Bertz CT molecular complexity index is 700. The topological polar surface area (TPSA) is 89.3 Å². The second-order valence-corrected chi connectivity index (χ2v) is 8.08. The molecule has 1 aromatic carbocycles. The second-order valence-electron chi connectivity index (χ2n) is 6.70. The van der Waals surface area contributed by atoms with E-state index in [-0.39, 0.29) is 17.2 Å². The highest BCUT2D eigenvalue weighted by Crippen LogP contribution is 2.20. The number of hydrogen-bond donors (Lipinski definition) is 2. The molecule has 3 N–H and O–H groups in total. The molecular weight excluding hydrogens is 360 g/mol. The minimum absolute atomic E-state index is 0.0265. The fourth-order valence-corrected chi connectivity index (χ4v) is 2.99. The van der Waals surface area contributed by atoms with Gasteiger partial charge in [-0.2, -0.15) is 4.68 Å². The fraction of sp³-hybridized carbons (Fsp3) is 0.500. The summed E-state index contributed by atoms with van der Waals surface area (Å²) in [6, 6.07) is 7.24. The Hall–Kier alpha value is -1.64. The van der Waals surface area contributed by atoms with Crippen LogP contribution in [-0.2, 0) is 4.79 Å². The third-order valence-corrected chi connectivity index (χ3v) is 4.44. The molecular formula is C16H24ClN6OS+. The number of aromatic nitrogens is 4. The van der Waals surface area contributed by atoms with Crippen molar-refractivity contribution < 1.29 is 10.1 Å². The van der Waals surface area contributed by atoms with Crippen molar-refractivity contribution in [3.63, 3.8) is 0 Å². The smallest absolute Gasteiger partial charge is 0.230 e. The summed E-state index contributed by atoms with van der Waals surface area (Å²) in [7, 11) is 0. The third kappa shape index (κ3) is 7.01. The Morgan fingerprint density at radius 1 is 1.40 bits per heavy atom. The van der Waals surface area contributed by atoms with Crippen molar-refractivity contribution in [3.05, 3.63) is 29.3 Å². The predicted octanol–water partition coefficient (Wildman–Crippen LogP) is 1.28. The van der Waals surface area contributed by atoms with Gasteiger partial charge in [-0.1, -0.05) is 29.4 Å². The van der Waals surface area contributed by atoms with Crippen molar-refractivity contribution in [2.45, 2.75) is 37.9 Å². The van der Waals surface area contributed by atoms with Crippen molar-refractivity contribution >= 4 is 29.3 Å². The zero-order valence-corrected chi connectivity index (χ0v) is 16.3. The van der Waals surface area contributed by atoms with Crippen LogP contribution in [0.5, 0.6) is 0 Å². The number of nitrogens with zero attached hydrogens (tertiary/aromatic N) is 4. The summed E-state index contributed by atoms with van der Waals surface area (Å²) in [4.78, 5) is 12.0. The number of halogens is 1. The Morgan fingerprint density at radius 2 is 2.20 bits per heavy atom. The molecule has 0 aliphatic carbocycles. The number of quaternary nitrogens is 1. The first kappa shape index (κ1) is 19.7. The predicted molar refractivity (Wildman–Crippen MR) is 99.1 cm³/mol. The zero-order valence-electron chi connectivity index (χ0n) is 14.7. The van der Waals surface area contributed by atoms with Crippen LogP contribution in [0.1, 0.15) is 27.2 Å². The molecule has 0 radical (unpaired) electrons. The molecule has 0 atom stereocenters. The number of carbonyl (C=O) groups excluding carboxylic acids is 1. The minimum atomic E-state index is -0.0265. The Kier molecular flexibility index (Phi) is 7.22. The molecule has 25 heavy (non-hydrogen) atoms. The van der Waals surface area contributed by atoms with E-state index in [1.807, 2.05) is 12.1 Å². The molecule has 0 unspecified atom stereocenters. The number of tetrazole rings is 1. The van der Waals surface area contributed by atoms with Crippen LogP contribution >= 0.6 is 23.4 Å². The normalized spacial score (nSPS) is 11.5. The fourth-order valence-electron chi connectivity index (χ4n) is 2.08. The van der Waals surface area contributed by atoms with Gasteiger partial charge in [0.1, 0.15) is 0 Å². The van der Waals surface area contributed by atoms with E-state index in [0.29, 0.717) is 16.7 Å². The van der Waals surface area contributed by atoms with E-state index in [0.717, 1.165) is 18.7 Å². The number of nitrogens with two attached hydrogens (primary N) is 1. The Morgan fingerprint density at radius 3 is 2.92 bits per heavy atom. The lowest BCUT2D eigenvalue weighted by Gasteiger charge is -2.16. The highest BCUT2D eigenvalue weighted by atomic mass is 35.5. The maximum atomic E-state index is 12.0. The van der Waals surface area contributed by atoms with Gasteiger partial charge in [0.25, 0.3) is 0 Å². The molecule has 0 aliphatic heterocycles. The number of hydrogen-bond acceptors (Lipinski definition) is 5. The van der Waals surface area contributed by atoms with Crippen molar-refractivity contribution in [1.82, 2.24) is 25.5 Å². The van der Waals surface area contributed by atoms with Gasteiger partial charge in [0.05, 0.1) is 23.5 Å². The van der Waals surface area contributed by atoms with Crippen LogP contribution < -0.4 is 10.6 Å². The largest absolute Gasteiger partial charge is 0.355 e. The number of thioether (sulfide) groups is 1. The van der Waals surface area contributed by atoms with Gasteiger partial charge in [0.2, 0.25) is 11.1 Å². The van der Waals surface area contributed by atoms with Gasteiger partial charge in [-0.15, -0.1) is 5.10 Å². The second kappa shape index (κ2) is 9.17. The summed E-state index contributed by atoms with van der Waals surface area (Å²) in [5, 5.41) is 18.0. The Labute approximate surface area is 156 Å². The van der Waals surface area contributed by atoms with Crippen LogP contribution in [0.25, 0.3) is 5.69 Å². The SMILES string of the molecule is CC(C)(C)[NH2+]CCCNC(=O)CSc1nnnn1-c1cccc(Cl)c1. The van der Waals surface area contributed by atoms with Crippen molar-refractivity contribution in [2.75, 3.05) is 18.8 Å². The van der Waals surface area contributed by atoms with Crippen LogP contribution in [0.15, 0.2) is 29.4 Å². The summed E-state index contributed by atoms with van der Waals surface area (Å²) in [5.41, 5.74) is 0.982. The summed E-state index contributed by atoms with van der Waals surface area (Å²) in [6.07, 6.45) is 0.938. The van der Waals surface area contributed by atoms with E-state index in [1.165, 1.54) is 11.8 Å². The van der Waals surface area contributed by atoms with E-state index < -0.39 is 0 Å². The summed E-state index contributed by atoms with van der Waals surface area (Å²) >= 11 is 7.29. The molecule has 0 bridgehead atoms. The van der Waals surface area contributed by atoms with Gasteiger partial charge < -0.3 is 10.6 Å². The van der Waals surface area contributed by atoms with Gasteiger partial charge in [0.15, 0.2) is 0 Å². The van der Waals surface area contributed by atoms with Crippen LogP contribution in [0.4, 0.5) is 0 Å². The molecule has 0 aliphatic rings. The lowest BCUT2D eigenvalue weighted by molar-refractivity contribution is -0.717. The first-order valence-electron chi connectivity index (χ1n) is 8.13. The molecule has 1 amide bonds. The molecule has 2 aromatic rings. The maximum absolute atomic E-state index is 12.0. The quantitative estimate of drug-likeness (QED) is 0.529. The van der Waals surface area contributed by atoms with E-state index in [4.69, 9.17) is 11.6 Å². The summed E-state index contributed by atoms with van der Waals surface area (Å²) in [5.74, 6) is 0.241. The lowest BCUT2D eigenvalue weighted by atomic mass is 10.1. The van der Waals surface area contributed by atoms with E-state index in [2.05, 4.69) is 46.9 Å². The van der Waals surface area contributed by atoms with E-state index in [1.54, 1.807) is 16.8 Å². The third-order valence-electron chi connectivity index (χ3n) is 3.29. The number of carbonyl (C=O) groups is 1. The number of nitrogens with one attached hydrogen (secondary N) is 1. The monoisotopic (exact) mass is 383 g/mol. The molecule has 0 saturated carbocycles. The minimum Gasteiger partial charge on any atom is -0.355 e. The average Bonchev–Trinajstić information content (AvgIpc) is 3.00. The van der Waals surface area contributed by atoms with Crippen LogP contribution in [0, 0.1) is 0 Å².